The van der Waals surface area contributed by atoms with Crippen LogP contribution in [0, 0.1) is 0 Å². The number of carbonyl (C=O) groups is 1. The summed E-state index contributed by atoms with van der Waals surface area (Å²) in [7, 11) is 0. The van der Waals surface area contributed by atoms with Crippen molar-refractivity contribution in [3.05, 3.63) is 54.7 Å². The van der Waals surface area contributed by atoms with Crippen LogP contribution in [0.3, 0.4) is 0 Å². The van der Waals surface area contributed by atoms with Crippen LogP contribution >= 0.6 is 11.8 Å². The predicted octanol–water partition coefficient (Wildman–Crippen LogP) is 3.41. The lowest BCUT2D eigenvalue weighted by Crippen LogP contribution is -2.12. The first kappa shape index (κ1) is 12.8. The van der Waals surface area contributed by atoms with Crippen molar-refractivity contribution in [2.45, 2.75) is 4.90 Å². The van der Waals surface area contributed by atoms with E-state index in [1.54, 1.807) is 0 Å². The quantitative estimate of drug-likeness (QED) is 0.720. The van der Waals surface area contributed by atoms with E-state index >= 15 is 0 Å². The smallest absolute Gasteiger partial charge is 0.227 e. The number of nitrogens with one attached hydrogen (secondary N) is 1. The maximum absolute atomic E-state index is 10.8. The van der Waals surface area contributed by atoms with E-state index in [0.717, 1.165) is 16.0 Å². The number of carbonyl (C=O) groups excluding carboxylic acids is 1. The molecule has 0 aliphatic carbocycles. The summed E-state index contributed by atoms with van der Waals surface area (Å²) < 4.78 is 0. The third kappa shape index (κ3) is 2.70. The molecule has 100 valence electrons. The van der Waals surface area contributed by atoms with Gasteiger partial charge in [-0.1, -0.05) is 18.2 Å². The minimum absolute atomic E-state index is 0.294. The monoisotopic (exact) mass is 282 g/mol. The van der Waals surface area contributed by atoms with Gasteiger partial charge in [0.25, 0.3) is 0 Å². The Hall–Kier alpha value is -2.20. The third-order valence-electron chi connectivity index (χ3n) is 3.12. The van der Waals surface area contributed by atoms with Gasteiger partial charge in [0.05, 0.1) is 5.75 Å². The van der Waals surface area contributed by atoms with Crippen LogP contribution < -0.4 is 5.73 Å². The number of benzene rings is 2. The summed E-state index contributed by atoms with van der Waals surface area (Å²) in [5, 5.41) is 1.20. The van der Waals surface area contributed by atoms with Crippen molar-refractivity contribution in [2.24, 2.45) is 5.73 Å². The van der Waals surface area contributed by atoms with Crippen LogP contribution in [0.2, 0.25) is 0 Å². The molecular weight excluding hydrogens is 268 g/mol. The van der Waals surface area contributed by atoms with E-state index in [1.165, 1.54) is 22.7 Å². The summed E-state index contributed by atoms with van der Waals surface area (Å²) in [6.45, 7) is 0. The van der Waals surface area contributed by atoms with E-state index in [4.69, 9.17) is 5.73 Å². The Kier molecular flexibility index (Phi) is 3.48. The molecule has 20 heavy (non-hydrogen) atoms. The Morgan fingerprint density at radius 2 is 1.80 bits per heavy atom. The molecule has 3 aromatic rings. The van der Waals surface area contributed by atoms with E-state index in [1.807, 2.05) is 18.3 Å². The first-order valence-electron chi connectivity index (χ1n) is 6.31. The van der Waals surface area contributed by atoms with Gasteiger partial charge in [-0.2, -0.15) is 0 Å². The third-order valence-corrected chi connectivity index (χ3v) is 4.16. The van der Waals surface area contributed by atoms with Crippen LogP contribution in [-0.4, -0.2) is 16.6 Å². The van der Waals surface area contributed by atoms with E-state index in [2.05, 4.69) is 41.4 Å². The van der Waals surface area contributed by atoms with Crippen molar-refractivity contribution < 1.29 is 4.79 Å². The van der Waals surface area contributed by atoms with Crippen molar-refractivity contribution in [1.29, 1.82) is 0 Å². The molecule has 3 nitrogen and oxygen atoms in total. The lowest BCUT2D eigenvalue weighted by atomic mass is 10.0. The van der Waals surface area contributed by atoms with Crippen LogP contribution in [-0.2, 0) is 4.79 Å². The second-order valence-electron chi connectivity index (χ2n) is 4.56. The zero-order valence-electron chi connectivity index (χ0n) is 10.8. The van der Waals surface area contributed by atoms with Crippen molar-refractivity contribution in [3.8, 4) is 11.1 Å². The molecular formula is C16H14N2OS. The Bertz CT molecular complexity index is 747. The van der Waals surface area contributed by atoms with Crippen molar-refractivity contribution in [1.82, 2.24) is 4.98 Å². The molecule has 1 aromatic heterocycles. The van der Waals surface area contributed by atoms with Gasteiger partial charge in [0.1, 0.15) is 0 Å². The molecule has 0 spiro atoms. The molecule has 0 aliphatic heterocycles. The fourth-order valence-electron chi connectivity index (χ4n) is 2.13. The van der Waals surface area contributed by atoms with Gasteiger partial charge in [0.15, 0.2) is 0 Å². The van der Waals surface area contributed by atoms with Gasteiger partial charge in [-0.05, 0) is 46.8 Å². The molecule has 4 heteroatoms. The van der Waals surface area contributed by atoms with Gasteiger partial charge >= 0.3 is 0 Å². The zero-order valence-corrected chi connectivity index (χ0v) is 11.6. The van der Waals surface area contributed by atoms with Gasteiger partial charge in [-0.25, -0.2) is 0 Å². The molecule has 0 unspecified atom stereocenters. The number of H-pyrrole nitrogens is 1. The minimum Gasteiger partial charge on any atom is -0.369 e. The Balaban J connectivity index is 1.84. The van der Waals surface area contributed by atoms with Crippen LogP contribution in [0.4, 0.5) is 0 Å². The van der Waals surface area contributed by atoms with Crippen LogP contribution in [0.1, 0.15) is 0 Å². The first-order chi connectivity index (χ1) is 9.72. The topological polar surface area (TPSA) is 58.9 Å². The molecule has 0 bridgehead atoms. The molecule has 3 rings (SSSR count). The molecule has 0 fully saturated rings. The largest absolute Gasteiger partial charge is 0.369 e. The second-order valence-corrected chi connectivity index (χ2v) is 5.61. The summed E-state index contributed by atoms with van der Waals surface area (Å²) in [6, 6.07) is 16.6. The predicted molar refractivity (Wildman–Crippen MR) is 83.7 cm³/mol. The number of thioether (sulfide) groups is 1. The maximum atomic E-state index is 10.8. The second kappa shape index (κ2) is 5.43. The number of amides is 1. The Morgan fingerprint density at radius 3 is 2.55 bits per heavy atom. The number of fused-ring (bicyclic) bond motifs is 1. The number of aromatic amines is 1. The summed E-state index contributed by atoms with van der Waals surface area (Å²) in [5.41, 5.74) is 8.63. The van der Waals surface area contributed by atoms with Crippen molar-refractivity contribution in [2.75, 3.05) is 5.75 Å². The number of hydrogen-bond donors (Lipinski definition) is 2. The highest BCUT2D eigenvalue weighted by atomic mass is 32.2. The minimum atomic E-state index is -0.294. The van der Waals surface area contributed by atoms with E-state index in [-0.39, 0.29) is 5.91 Å². The number of aromatic nitrogens is 1. The van der Waals surface area contributed by atoms with Gasteiger partial charge in [0, 0.05) is 16.6 Å². The number of nitrogens with two attached hydrogens (primary N) is 1. The molecule has 0 saturated heterocycles. The average molecular weight is 282 g/mol. The highest BCUT2D eigenvalue weighted by molar-refractivity contribution is 8.00. The molecule has 1 amide bonds. The summed E-state index contributed by atoms with van der Waals surface area (Å²) in [6.07, 6.45) is 1.94. The summed E-state index contributed by atoms with van der Waals surface area (Å²) in [5.74, 6) is 0.0197. The van der Waals surface area contributed by atoms with Crippen molar-refractivity contribution in [3.63, 3.8) is 0 Å². The average Bonchev–Trinajstić information content (AvgIpc) is 2.93. The van der Waals surface area contributed by atoms with Crippen LogP contribution in [0.5, 0.6) is 0 Å². The Labute approximate surface area is 121 Å². The number of primary amides is 1. The lowest BCUT2D eigenvalue weighted by Gasteiger charge is -2.04. The normalized spacial score (nSPS) is 10.8. The van der Waals surface area contributed by atoms with E-state index in [0.29, 0.717) is 5.75 Å². The van der Waals surface area contributed by atoms with Gasteiger partial charge in [-0.3, -0.25) is 4.79 Å². The van der Waals surface area contributed by atoms with E-state index < -0.39 is 0 Å². The molecule has 0 radical (unpaired) electrons. The lowest BCUT2D eigenvalue weighted by molar-refractivity contribution is -0.115. The standard InChI is InChI=1S/C16H14N2OS/c17-16(19)10-20-14-4-1-11(2-5-14)12-3-6-15-13(9-12)7-8-18-15/h1-9,18H,10H2,(H2,17,19). The van der Waals surface area contributed by atoms with Crippen LogP contribution in [0.15, 0.2) is 59.6 Å². The summed E-state index contributed by atoms with van der Waals surface area (Å²) >= 11 is 1.46. The zero-order chi connectivity index (χ0) is 13.9. The molecule has 0 saturated carbocycles. The van der Waals surface area contributed by atoms with Gasteiger partial charge in [0.2, 0.25) is 5.91 Å². The molecule has 2 aromatic carbocycles. The number of rotatable bonds is 4. The highest BCUT2D eigenvalue weighted by Gasteiger charge is 2.02. The van der Waals surface area contributed by atoms with E-state index in [9.17, 15) is 4.79 Å². The first-order valence-corrected chi connectivity index (χ1v) is 7.29. The fraction of sp³-hybridized carbons (Fsp3) is 0.0625. The number of hydrogen-bond acceptors (Lipinski definition) is 2. The maximum Gasteiger partial charge on any atom is 0.227 e. The summed E-state index contributed by atoms with van der Waals surface area (Å²) in [4.78, 5) is 15.0. The molecule has 3 N–H and O–H groups in total. The van der Waals surface area contributed by atoms with Crippen molar-refractivity contribution >= 4 is 28.6 Å². The highest BCUT2D eigenvalue weighted by Crippen LogP contribution is 2.26. The molecule has 0 atom stereocenters. The van der Waals surface area contributed by atoms with Crippen LogP contribution in [0.25, 0.3) is 22.0 Å². The fourth-order valence-corrected chi connectivity index (χ4v) is 2.77. The SMILES string of the molecule is NC(=O)CSc1ccc(-c2ccc3[nH]ccc3c2)cc1. The van der Waals surface area contributed by atoms with Gasteiger partial charge in [-0.15, -0.1) is 11.8 Å². The Morgan fingerprint density at radius 1 is 1.05 bits per heavy atom. The molecule has 1 heterocycles. The van der Waals surface area contributed by atoms with Gasteiger partial charge < -0.3 is 10.7 Å². The molecule has 0 aliphatic rings.